The molecule has 0 saturated carbocycles. The van der Waals surface area contributed by atoms with Crippen LogP contribution in [0.3, 0.4) is 0 Å². The molecule has 0 N–H and O–H groups in total. The van der Waals surface area contributed by atoms with Gasteiger partial charge in [0.2, 0.25) is 0 Å². The number of halogens is 1. The first kappa shape index (κ1) is 9.42. The van der Waals surface area contributed by atoms with Crippen molar-refractivity contribution in [2.45, 2.75) is 11.8 Å². The summed E-state index contributed by atoms with van der Waals surface area (Å²) in [4.78, 5) is 8.10. The number of hydrogen-bond acceptors (Lipinski definition) is 3. The molecule has 0 aliphatic rings. The summed E-state index contributed by atoms with van der Waals surface area (Å²) in [7, 11) is 1.63. The minimum Gasteiger partial charge on any atom is -0.383 e. The third-order valence-electron chi connectivity index (χ3n) is 1.37. The number of rotatable bonds is 4. The molecule has 0 fully saturated rings. The Hall–Kier alpha value is -0.670. The van der Waals surface area contributed by atoms with Crippen LogP contribution in [0.25, 0.3) is 0 Å². The maximum atomic E-state index is 5.91. The highest BCUT2D eigenvalue weighted by atomic mass is 35.5. The number of ether oxygens (including phenoxy) is 1. The van der Waals surface area contributed by atoms with Crippen molar-refractivity contribution in [2.24, 2.45) is 0 Å². The molecule has 1 unspecified atom stereocenters. The maximum absolute atomic E-state index is 5.91. The molecule has 4 heteroatoms. The number of alkyl halides is 1. The molecule has 0 aliphatic carbocycles. The van der Waals surface area contributed by atoms with Crippen LogP contribution in [0.1, 0.15) is 5.82 Å². The monoisotopic (exact) mass is 186 g/mol. The Bertz CT molecular complexity index is 218. The van der Waals surface area contributed by atoms with Gasteiger partial charge in [0.25, 0.3) is 0 Å². The van der Waals surface area contributed by atoms with Crippen LogP contribution in [0.2, 0.25) is 0 Å². The second-order valence-electron chi connectivity index (χ2n) is 2.42. The highest BCUT2D eigenvalue weighted by molar-refractivity contribution is 6.20. The molecule has 1 heterocycles. The van der Waals surface area contributed by atoms with Gasteiger partial charge < -0.3 is 4.74 Å². The van der Waals surface area contributed by atoms with E-state index in [1.807, 2.05) is 0 Å². The molecular formula is C8H11ClN2O. The predicted molar refractivity (Wildman–Crippen MR) is 47.3 cm³/mol. The molecule has 0 spiro atoms. The lowest BCUT2D eigenvalue weighted by molar-refractivity contribution is 0.197. The van der Waals surface area contributed by atoms with E-state index in [-0.39, 0.29) is 5.38 Å². The van der Waals surface area contributed by atoms with E-state index in [1.165, 1.54) is 0 Å². The summed E-state index contributed by atoms with van der Waals surface area (Å²) in [5, 5.41) is -0.0441. The van der Waals surface area contributed by atoms with Gasteiger partial charge in [-0.05, 0) is 6.07 Å². The lowest BCUT2D eigenvalue weighted by Gasteiger charge is -2.05. The number of hydrogen-bond donors (Lipinski definition) is 0. The summed E-state index contributed by atoms with van der Waals surface area (Å²) >= 11 is 5.91. The molecule has 66 valence electrons. The van der Waals surface area contributed by atoms with Crippen molar-refractivity contribution in [2.75, 3.05) is 13.7 Å². The van der Waals surface area contributed by atoms with Gasteiger partial charge in [-0.2, -0.15) is 0 Å². The fourth-order valence-corrected chi connectivity index (χ4v) is 1.14. The van der Waals surface area contributed by atoms with Crippen LogP contribution >= 0.6 is 11.6 Å². The van der Waals surface area contributed by atoms with Crippen molar-refractivity contribution in [1.29, 1.82) is 0 Å². The topological polar surface area (TPSA) is 35.0 Å². The maximum Gasteiger partial charge on any atom is 0.129 e. The second kappa shape index (κ2) is 5.06. The molecule has 0 amide bonds. The van der Waals surface area contributed by atoms with Crippen LogP contribution in [0.15, 0.2) is 18.5 Å². The third-order valence-corrected chi connectivity index (χ3v) is 1.65. The highest BCUT2D eigenvalue weighted by Gasteiger charge is 2.06. The van der Waals surface area contributed by atoms with Crippen LogP contribution in [-0.4, -0.2) is 29.1 Å². The summed E-state index contributed by atoms with van der Waals surface area (Å²) in [5.74, 6) is 0.759. The first-order chi connectivity index (χ1) is 5.83. The van der Waals surface area contributed by atoms with Crippen molar-refractivity contribution in [3.05, 3.63) is 24.3 Å². The van der Waals surface area contributed by atoms with E-state index in [0.717, 1.165) is 5.82 Å². The van der Waals surface area contributed by atoms with Crippen LogP contribution in [-0.2, 0) is 11.2 Å². The summed E-state index contributed by atoms with van der Waals surface area (Å²) in [6.07, 6.45) is 4.06. The van der Waals surface area contributed by atoms with Crippen molar-refractivity contribution >= 4 is 11.6 Å². The number of methoxy groups -OCH3 is 1. The van der Waals surface area contributed by atoms with Crippen LogP contribution in [0, 0.1) is 0 Å². The second-order valence-corrected chi connectivity index (χ2v) is 3.04. The molecule has 1 aromatic rings. The quantitative estimate of drug-likeness (QED) is 0.665. The SMILES string of the molecule is COCC(Cl)Cc1ncccn1. The average Bonchev–Trinajstić information content (AvgIpc) is 2.06. The standard InChI is InChI=1S/C8H11ClN2O/c1-12-6-7(9)5-8-10-3-2-4-11-8/h2-4,7H,5-6H2,1H3. The Balaban J connectivity index is 2.41. The van der Waals surface area contributed by atoms with Gasteiger partial charge in [-0.1, -0.05) is 0 Å². The third kappa shape index (κ3) is 3.15. The first-order valence-electron chi connectivity index (χ1n) is 3.72. The van der Waals surface area contributed by atoms with E-state index in [4.69, 9.17) is 16.3 Å². The predicted octanol–water partition coefficient (Wildman–Crippen LogP) is 1.27. The van der Waals surface area contributed by atoms with Crippen molar-refractivity contribution in [1.82, 2.24) is 9.97 Å². The fourth-order valence-electron chi connectivity index (χ4n) is 0.873. The van der Waals surface area contributed by atoms with Crippen molar-refractivity contribution in [3.63, 3.8) is 0 Å². The molecule has 0 radical (unpaired) electrons. The first-order valence-corrected chi connectivity index (χ1v) is 4.15. The molecule has 0 aromatic carbocycles. The summed E-state index contributed by atoms with van der Waals surface area (Å²) in [6.45, 7) is 0.528. The molecule has 0 saturated heterocycles. The largest absolute Gasteiger partial charge is 0.383 e. The Morgan fingerprint density at radius 1 is 1.50 bits per heavy atom. The van der Waals surface area contributed by atoms with Crippen molar-refractivity contribution < 1.29 is 4.74 Å². The number of nitrogens with zero attached hydrogens (tertiary/aromatic N) is 2. The average molecular weight is 187 g/mol. The smallest absolute Gasteiger partial charge is 0.129 e. The Morgan fingerprint density at radius 2 is 2.17 bits per heavy atom. The van der Waals surface area contributed by atoms with E-state index >= 15 is 0 Å². The van der Waals surface area contributed by atoms with Crippen LogP contribution < -0.4 is 0 Å². The lowest BCUT2D eigenvalue weighted by atomic mass is 10.3. The fraction of sp³-hybridized carbons (Fsp3) is 0.500. The van der Waals surface area contributed by atoms with E-state index in [9.17, 15) is 0 Å². The minimum atomic E-state index is -0.0441. The van der Waals surface area contributed by atoms with Gasteiger partial charge in [0, 0.05) is 25.9 Å². The molecule has 12 heavy (non-hydrogen) atoms. The number of aromatic nitrogens is 2. The van der Waals surface area contributed by atoms with Gasteiger partial charge in [-0.25, -0.2) is 9.97 Å². The summed E-state index contributed by atoms with van der Waals surface area (Å²) in [6, 6.07) is 1.78. The van der Waals surface area contributed by atoms with Crippen LogP contribution in [0.4, 0.5) is 0 Å². The van der Waals surface area contributed by atoms with Gasteiger partial charge >= 0.3 is 0 Å². The highest BCUT2D eigenvalue weighted by Crippen LogP contribution is 2.02. The van der Waals surface area contributed by atoms with Gasteiger partial charge in [0.1, 0.15) is 5.82 Å². The molecular weight excluding hydrogens is 176 g/mol. The Morgan fingerprint density at radius 3 is 2.75 bits per heavy atom. The zero-order chi connectivity index (χ0) is 8.81. The van der Waals surface area contributed by atoms with Crippen molar-refractivity contribution in [3.8, 4) is 0 Å². The molecule has 1 atom stereocenters. The molecule has 0 aliphatic heterocycles. The van der Waals surface area contributed by atoms with E-state index in [1.54, 1.807) is 25.6 Å². The summed E-state index contributed by atoms with van der Waals surface area (Å²) in [5.41, 5.74) is 0. The normalized spacial score (nSPS) is 12.8. The minimum absolute atomic E-state index is 0.0441. The summed E-state index contributed by atoms with van der Waals surface area (Å²) < 4.78 is 4.89. The molecule has 1 aromatic heterocycles. The van der Waals surface area contributed by atoms with E-state index in [0.29, 0.717) is 13.0 Å². The molecule has 0 bridgehead atoms. The van der Waals surface area contributed by atoms with Gasteiger partial charge in [0.15, 0.2) is 0 Å². The molecule has 3 nitrogen and oxygen atoms in total. The zero-order valence-electron chi connectivity index (χ0n) is 6.90. The lowest BCUT2D eigenvalue weighted by Crippen LogP contribution is -2.12. The van der Waals surface area contributed by atoms with Gasteiger partial charge in [-0.3, -0.25) is 0 Å². The van der Waals surface area contributed by atoms with E-state index < -0.39 is 0 Å². The Labute approximate surface area is 76.7 Å². The Kier molecular flexibility index (Phi) is 3.97. The zero-order valence-corrected chi connectivity index (χ0v) is 7.66. The van der Waals surface area contributed by atoms with Gasteiger partial charge in [0.05, 0.1) is 12.0 Å². The van der Waals surface area contributed by atoms with E-state index in [2.05, 4.69) is 9.97 Å². The van der Waals surface area contributed by atoms with Gasteiger partial charge in [-0.15, -0.1) is 11.6 Å². The van der Waals surface area contributed by atoms with Crippen LogP contribution in [0.5, 0.6) is 0 Å². The molecule has 1 rings (SSSR count).